The molecule has 0 amide bonds. The molecule has 0 saturated carbocycles. The van der Waals surface area contributed by atoms with Crippen LogP contribution in [0, 0.1) is 0 Å². The molecule has 0 spiro atoms. The summed E-state index contributed by atoms with van der Waals surface area (Å²) >= 11 is 0. The summed E-state index contributed by atoms with van der Waals surface area (Å²) in [4.78, 5) is 22.0. The van der Waals surface area contributed by atoms with Crippen molar-refractivity contribution in [1.29, 1.82) is 0 Å². The first-order valence-corrected chi connectivity index (χ1v) is 6.99. The summed E-state index contributed by atoms with van der Waals surface area (Å²) in [6, 6.07) is 5.91. The lowest BCUT2D eigenvalue weighted by Crippen LogP contribution is -2.22. The second-order valence-corrected chi connectivity index (χ2v) is 4.76. The minimum atomic E-state index is -2.50. The highest BCUT2D eigenvalue weighted by Crippen LogP contribution is 2.14. The molecule has 8 heteroatoms. The van der Waals surface area contributed by atoms with Crippen molar-refractivity contribution in [3.63, 3.8) is 0 Å². The molecule has 0 saturated heterocycles. The van der Waals surface area contributed by atoms with Crippen molar-refractivity contribution in [1.82, 2.24) is 0 Å². The highest BCUT2D eigenvalue weighted by molar-refractivity contribution is 7.71. The summed E-state index contributed by atoms with van der Waals surface area (Å²) in [5.41, 5.74) is 0.579. The molecule has 0 aliphatic heterocycles. The molecule has 1 aromatic rings. The molecule has 110 valence electrons. The average molecular weight is 302 g/mol. The van der Waals surface area contributed by atoms with Crippen LogP contribution in [0.4, 0.5) is 4.79 Å². The molecule has 0 bridgehead atoms. The maximum Gasteiger partial charge on any atom is 0.516 e. The van der Waals surface area contributed by atoms with Crippen molar-refractivity contribution in [2.24, 2.45) is 0 Å². The number of rotatable bonds is 5. The molecule has 0 radical (unpaired) electrons. The molecule has 0 aliphatic rings. The van der Waals surface area contributed by atoms with Crippen molar-refractivity contribution in [2.45, 2.75) is 25.9 Å². The third-order valence-electron chi connectivity index (χ3n) is 2.03. The Bertz CT molecular complexity index is 539. The van der Waals surface area contributed by atoms with E-state index in [9.17, 15) is 18.0 Å². The van der Waals surface area contributed by atoms with Crippen LogP contribution in [0.15, 0.2) is 24.3 Å². The van der Waals surface area contributed by atoms with Gasteiger partial charge in [0.05, 0.1) is 5.75 Å². The highest BCUT2D eigenvalue weighted by Gasteiger charge is 2.13. The van der Waals surface area contributed by atoms with Crippen LogP contribution in [0.5, 0.6) is 5.75 Å². The van der Waals surface area contributed by atoms with E-state index in [0.29, 0.717) is 5.56 Å². The number of carbonyl (C=O) groups is 2. The van der Waals surface area contributed by atoms with Crippen LogP contribution in [-0.4, -0.2) is 26.8 Å². The molecule has 1 rings (SSSR count). The second-order valence-electron chi connectivity index (χ2n) is 3.78. The van der Waals surface area contributed by atoms with Gasteiger partial charge in [0, 0.05) is 13.8 Å². The molecule has 20 heavy (non-hydrogen) atoms. The van der Waals surface area contributed by atoms with Gasteiger partial charge in [-0.05, 0) is 17.7 Å². The lowest BCUT2D eigenvalue weighted by molar-refractivity contribution is -0.163. The fourth-order valence-electron chi connectivity index (χ4n) is 1.33. The molecular formula is C12H14O7S. The van der Waals surface area contributed by atoms with E-state index in [1.807, 2.05) is 0 Å². The van der Waals surface area contributed by atoms with E-state index in [1.165, 1.54) is 38.1 Å². The first-order valence-electron chi connectivity index (χ1n) is 5.63. The fraction of sp³-hybridized carbons (Fsp3) is 0.333. The fourth-order valence-corrected chi connectivity index (χ4v) is 1.83. The molecular weight excluding hydrogens is 288 g/mol. The quantitative estimate of drug-likeness (QED) is 0.378. The van der Waals surface area contributed by atoms with E-state index in [-0.39, 0.29) is 11.5 Å². The molecule has 0 fully saturated rings. The summed E-state index contributed by atoms with van der Waals surface area (Å²) in [6.07, 6.45) is -2.08. The molecule has 7 nitrogen and oxygen atoms in total. The Morgan fingerprint density at radius 1 is 1.15 bits per heavy atom. The summed E-state index contributed by atoms with van der Waals surface area (Å²) in [7, 11) is -2.50. The van der Waals surface area contributed by atoms with Gasteiger partial charge in [0.1, 0.15) is 16.5 Å². The van der Waals surface area contributed by atoms with Crippen LogP contribution in [0.3, 0.4) is 0 Å². The van der Waals surface area contributed by atoms with Gasteiger partial charge in [-0.1, -0.05) is 12.1 Å². The zero-order valence-corrected chi connectivity index (χ0v) is 11.8. The maximum atomic E-state index is 11.3. The zero-order chi connectivity index (χ0) is 15.1. The first kappa shape index (κ1) is 16.0. The molecule has 0 N–H and O–H groups in total. The Balaban J connectivity index is 2.51. The van der Waals surface area contributed by atoms with E-state index >= 15 is 0 Å². The summed E-state index contributed by atoms with van der Waals surface area (Å²) in [5.74, 6) is -0.472. The van der Waals surface area contributed by atoms with Crippen LogP contribution in [0.1, 0.15) is 19.4 Å². The van der Waals surface area contributed by atoms with Crippen LogP contribution in [0.2, 0.25) is 0 Å². The first-order chi connectivity index (χ1) is 9.36. The standard InChI is InChI=1S/C12H14O7S/c1-8(13)17-9(2)18-12(14)19-11-5-3-10(4-6-11)7-20(15)16/h3-6,9,20H,7H2,1-2H3. The Morgan fingerprint density at radius 2 is 1.75 bits per heavy atom. The van der Waals surface area contributed by atoms with Gasteiger partial charge in [0.15, 0.2) is 0 Å². The number of thiol groups is 1. The van der Waals surface area contributed by atoms with Gasteiger partial charge in [-0.25, -0.2) is 13.2 Å². The number of hydrogen-bond acceptors (Lipinski definition) is 7. The van der Waals surface area contributed by atoms with Crippen LogP contribution in [0.25, 0.3) is 0 Å². The molecule has 0 aromatic heterocycles. The minimum absolute atomic E-state index is 0.0798. The van der Waals surface area contributed by atoms with E-state index in [2.05, 4.69) is 9.47 Å². The topological polar surface area (TPSA) is 96.0 Å². The Kier molecular flexibility index (Phi) is 5.98. The maximum absolute atomic E-state index is 11.3. The van der Waals surface area contributed by atoms with Crippen LogP contribution in [-0.2, 0) is 30.7 Å². The van der Waals surface area contributed by atoms with Gasteiger partial charge in [-0.3, -0.25) is 4.79 Å². The zero-order valence-electron chi connectivity index (χ0n) is 10.9. The Hall–Kier alpha value is -2.09. The average Bonchev–Trinajstić information content (AvgIpc) is 2.29. The van der Waals surface area contributed by atoms with Crippen molar-refractivity contribution in [3.8, 4) is 5.75 Å². The predicted molar refractivity (Wildman–Crippen MR) is 68.8 cm³/mol. The third-order valence-corrected chi connectivity index (χ3v) is 2.65. The van der Waals surface area contributed by atoms with Gasteiger partial charge in [0.2, 0.25) is 6.29 Å². The van der Waals surface area contributed by atoms with E-state index in [4.69, 9.17) is 4.74 Å². The molecule has 1 aromatic carbocycles. The third kappa shape index (κ3) is 6.19. The number of ether oxygens (including phenoxy) is 3. The van der Waals surface area contributed by atoms with Crippen LogP contribution < -0.4 is 4.74 Å². The summed E-state index contributed by atoms with van der Waals surface area (Å²) < 4.78 is 35.1. The SMILES string of the molecule is CC(=O)OC(C)OC(=O)Oc1ccc(C[SH](=O)=O)cc1. The second kappa shape index (κ2) is 7.49. The largest absolute Gasteiger partial charge is 0.516 e. The number of esters is 1. The van der Waals surface area contributed by atoms with E-state index < -0.39 is 29.1 Å². The number of hydrogen-bond donors (Lipinski definition) is 1. The van der Waals surface area contributed by atoms with Gasteiger partial charge < -0.3 is 14.2 Å². The monoisotopic (exact) mass is 302 g/mol. The van der Waals surface area contributed by atoms with Gasteiger partial charge in [-0.2, -0.15) is 0 Å². The molecule has 1 atom stereocenters. The van der Waals surface area contributed by atoms with Crippen molar-refractivity contribution in [3.05, 3.63) is 29.8 Å². The molecule has 0 aliphatic carbocycles. The van der Waals surface area contributed by atoms with Crippen LogP contribution >= 0.6 is 0 Å². The van der Waals surface area contributed by atoms with E-state index in [0.717, 1.165) is 0 Å². The van der Waals surface area contributed by atoms with E-state index in [1.54, 1.807) is 0 Å². The highest BCUT2D eigenvalue weighted by atomic mass is 32.2. The van der Waals surface area contributed by atoms with Crippen molar-refractivity contribution >= 4 is 22.8 Å². The Morgan fingerprint density at radius 3 is 2.25 bits per heavy atom. The minimum Gasteiger partial charge on any atom is -0.426 e. The molecule has 1 unspecified atom stereocenters. The number of carbonyl (C=O) groups excluding carboxylic acids is 2. The van der Waals surface area contributed by atoms with Gasteiger partial charge in [0.25, 0.3) is 0 Å². The molecule has 0 heterocycles. The normalized spacial score (nSPS) is 11.8. The summed E-state index contributed by atoms with van der Waals surface area (Å²) in [5, 5.41) is 0. The van der Waals surface area contributed by atoms with Gasteiger partial charge >= 0.3 is 12.1 Å². The number of benzene rings is 1. The smallest absolute Gasteiger partial charge is 0.426 e. The summed E-state index contributed by atoms with van der Waals surface area (Å²) in [6.45, 7) is 2.56. The Labute approximate surface area is 117 Å². The predicted octanol–water partition coefficient (Wildman–Crippen LogP) is 1.22. The lowest BCUT2D eigenvalue weighted by Gasteiger charge is -2.12. The lowest BCUT2D eigenvalue weighted by atomic mass is 10.2. The van der Waals surface area contributed by atoms with Crippen molar-refractivity contribution in [2.75, 3.05) is 0 Å². The van der Waals surface area contributed by atoms with Gasteiger partial charge in [-0.15, -0.1) is 0 Å². The van der Waals surface area contributed by atoms with Crippen molar-refractivity contribution < 1.29 is 32.2 Å².